The fourth-order valence-corrected chi connectivity index (χ4v) is 3.75. The van der Waals surface area contributed by atoms with Crippen LogP contribution in [0.5, 0.6) is 0 Å². The molecule has 110 valence electrons. The van der Waals surface area contributed by atoms with Crippen LogP contribution in [0, 0.1) is 0 Å². The minimum atomic E-state index is 0.312. The summed E-state index contributed by atoms with van der Waals surface area (Å²) >= 11 is 5.48. The van der Waals surface area contributed by atoms with Crippen LogP contribution in [-0.2, 0) is 4.74 Å². The molecule has 1 atom stereocenters. The molecule has 2 nitrogen and oxygen atoms in total. The number of hydrogen-bond acceptors (Lipinski definition) is 3. The van der Waals surface area contributed by atoms with E-state index in [0.29, 0.717) is 6.04 Å². The second-order valence-electron chi connectivity index (χ2n) is 4.85. The molecule has 1 aromatic carbocycles. The Hall–Kier alpha value is -0.450. The molecule has 0 spiro atoms. The summed E-state index contributed by atoms with van der Waals surface area (Å²) in [4.78, 5) is 1.28. The second-order valence-corrected chi connectivity index (χ2v) is 6.76. The van der Waals surface area contributed by atoms with Crippen molar-refractivity contribution in [1.82, 2.24) is 5.32 Å². The first-order valence-corrected chi connectivity index (χ1v) is 9.02. The monoisotopic (exact) mass is 355 g/mol. The third-order valence-corrected chi connectivity index (χ3v) is 5.31. The Kier molecular flexibility index (Phi) is 6.97. The number of hydrogen-bond donors (Lipinski definition) is 1. The quantitative estimate of drug-likeness (QED) is 0.722. The molecule has 20 heavy (non-hydrogen) atoms. The Morgan fingerprint density at radius 1 is 1.40 bits per heavy atom. The van der Waals surface area contributed by atoms with Gasteiger partial charge in [-0.05, 0) is 59.9 Å². The maximum absolute atomic E-state index is 5.83. The summed E-state index contributed by atoms with van der Waals surface area (Å²) in [5.74, 6) is 2.12. The standard InChI is InChI=1S/C16H22BrNOS/c1-2-10-18-14(15-8-5-6-11-19-15)12-20-16-9-4-3-7-13(16)17/h3-4,7-9,14,18H,2,5-6,10-12H2,1H3. The van der Waals surface area contributed by atoms with E-state index < -0.39 is 0 Å². The van der Waals surface area contributed by atoms with Crippen LogP contribution < -0.4 is 5.32 Å². The van der Waals surface area contributed by atoms with Crippen LogP contribution in [0.1, 0.15) is 26.2 Å². The van der Waals surface area contributed by atoms with E-state index in [9.17, 15) is 0 Å². The van der Waals surface area contributed by atoms with E-state index in [1.165, 1.54) is 4.90 Å². The first kappa shape index (κ1) is 15.9. The van der Waals surface area contributed by atoms with E-state index in [1.807, 2.05) is 17.8 Å². The molecule has 1 unspecified atom stereocenters. The van der Waals surface area contributed by atoms with Gasteiger partial charge >= 0.3 is 0 Å². The fraction of sp³-hybridized carbons (Fsp3) is 0.500. The van der Waals surface area contributed by atoms with Gasteiger partial charge in [0.05, 0.1) is 12.6 Å². The molecule has 1 aromatic rings. The van der Waals surface area contributed by atoms with Gasteiger partial charge in [0.1, 0.15) is 5.76 Å². The SMILES string of the molecule is CCCNC(CSc1ccccc1Br)C1=CCCCO1. The van der Waals surface area contributed by atoms with E-state index in [0.717, 1.165) is 48.4 Å². The van der Waals surface area contributed by atoms with Crippen LogP contribution in [0.3, 0.4) is 0 Å². The molecule has 0 fully saturated rings. The van der Waals surface area contributed by atoms with Gasteiger partial charge in [0.15, 0.2) is 0 Å². The van der Waals surface area contributed by atoms with Crippen LogP contribution in [0.2, 0.25) is 0 Å². The zero-order chi connectivity index (χ0) is 14.2. The highest BCUT2D eigenvalue weighted by molar-refractivity contribution is 9.10. The lowest BCUT2D eigenvalue weighted by Gasteiger charge is -2.24. The Labute approximate surface area is 134 Å². The van der Waals surface area contributed by atoms with E-state index >= 15 is 0 Å². The third kappa shape index (κ3) is 4.83. The molecule has 0 saturated heterocycles. The summed E-state index contributed by atoms with van der Waals surface area (Å²) in [7, 11) is 0. The lowest BCUT2D eigenvalue weighted by molar-refractivity contribution is 0.172. The van der Waals surface area contributed by atoms with E-state index in [-0.39, 0.29) is 0 Å². The largest absolute Gasteiger partial charge is 0.497 e. The van der Waals surface area contributed by atoms with Crippen LogP contribution >= 0.6 is 27.7 Å². The summed E-state index contributed by atoms with van der Waals surface area (Å²) < 4.78 is 6.99. The molecule has 1 heterocycles. The van der Waals surface area contributed by atoms with Gasteiger partial charge in [0, 0.05) is 15.1 Å². The highest BCUT2D eigenvalue weighted by atomic mass is 79.9. The molecule has 1 N–H and O–H groups in total. The molecule has 0 bridgehead atoms. The molecule has 0 amide bonds. The van der Waals surface area contributed by atoms with Gasteiger partial charge in [-0.25, -0.2) is 0 Å². The van der Waals surface area contributed by atoms with E-state index in [1.54, 1.807) is 0 Å². The summed E-state index contributed by atoms with van der Waals surface area (Å²) in [6, 6.07) is 8.69. The van der Waals surface area contributed by atoms with Crippen LogP contribution in [-0.4, -0.2) is 24.9 Å². The normalized spacial score (nSPS) is 16.4. The van der Waals surface area contributed by atoms with Crippen molar-refractivity contribution in [2.45, 2.75) is 37.1 Å². The zero-order valence-electron chi connectivity index (χ0n) is 11.9. The Bertz CT molecular complexity index is 450. The molecular weight excluding hydrogens is 334 g/mol. The van der Waals surface area contributed by atoms with Gasteiger partial charge in [-0.15, -0.1) is 11.8 Å². The van der Waals surface area contributed by atoms with Crippen molar-refractivity contribution in [2.24, 2.45) is 0 Å². The average molecular weight is 356 g/mol. The number of ether oxygens (including phenoxy) is 1. The van der Waals surface area contributed by atoms with Gasteiger partial charge in [-0.1, -0.05) is 19.1 Å². The number of nitrogens with one attached hydrogen (secondary N) is 1. The smallest absolute Gasteiger partial charge is 0.110 e. The van der Waals surface area contributed by atoms with Crippen molar-refractivity contribution < 1.29 is 4.74 Å². The number of allylic oxidation sites excluding steroid dienone is 1. The van der Waals surface area contributed by atoms with Gasteiger partial charge in [0.25, 0.3) is 0 Å². The predicted octanol–water partition coefficient (Wildman–Crippen LogP) is 4.60. The molecule has 0 aromatic heterocycles. The zero-order valence-corrected chi connectivity index (χ0v) is 14.3. The molecule has 2 rings (SSSR count). The number of halogens is 1. The molecule has 1 aliphatic heterocycles. The fourth-order valence-electron chi connectivity index (χ4n) is 2.11. The molecule has 0 aliphatic carbocycles. The molecule has 1 aliphatic rings. The first-order valence-electron chi connectivity index (χ1n) is 7.25. The van der Waals surface area contributed by atoms with Crippen molar-refractivity contribution in [2.75, 3.05) is 18.9 Å². The van der Waals surface area contributed by atoms with E-state index in [4.69, 9.17) is 4.74 Å². The van der Waals surface area contributed by atoms with Gasteiger partial charge in [0.2, 0.25) is 0 Å². The second kappa shape index (κ2) is 8.75. The summed E-state index contributed by atoms with van der Waals surface area (Å²) in [6.07, 6.45) is 5.67. The summed E-state index contributed by atoms with van der Waals surface area (Å²) in [6.45, 7) is 4.08. The predicted molar refractivity (Wildman–Crippen MR) is 90.2 cm³/mol. The van der Waals surface area contributed by atoms with Gasteiger partial charge in [-0.3, -0.25) is 0 Å². The van der Waals surface area contributed by atoms with Gasteiger partial charge < -0.3 is 10.1 Å². The van der Waals surface area contributed by atoms with Crippen molar-refractivity contribution in [3.8, 4) is 0 Å². The minimum Gasteiger partial charge on any atom is -0.497 e. The Morgan fingerprint density at radius 3 is 2.95 bits per heavy atom. The van der Waals surface area contributed by atoms with Crippen molar-refractivity contribution >= 4 is 27.7 Å². The number of rotatable bonds is 7. The number of benzene rings is 1. The van der Waals surface area contributed by atoms with Crippen LogP contribution in [0.4, 0.5) is 0 Å². The summed E-state index contributed by atoms with van der Waals surface area (Å²) in [5, 5.41) is 3.60. The number of thioether (sulfide) groups is 1. The molecular formula is C16H22BrNOS. The maximum atomic E-state index is 5.83. The highest BCUT2D eigenvalue weighted by Crippen LogP contribution is 2.29. The molecule has 0 radical (unpaired) electrons. The molecule has 0 saturated carbocycles. The van der Waals surface area contributed by atoms with Crippen molar-refractivity contribution in [3.05, 3.63) is 40.6 Å². The Morgan fingerprint density at radius 2 is 2.25 bits per heavy atom. The summed E-state index contributed by atoms with van der Waals surface area (Å²) in [5.41, 5.74) is 0. The topological polar surface area (TPSA) is 21.3 Å². The lowest BCUT2D eigenvalue weighted by atomic mass is 10.1. The molecule has 4 heteroatoms. The average Bonchev–Trinajstić information content (AvgIpc) is 2.50. The highest BCUT2D eigenvalue weighted by Gasteiger charge is 2.18. The van der Waals surface area contributed by atoms with E-state index in [2.05, 4.69) is 52.4 Å². The van der Waals surface area contributed by atoms with Crippen LogP contribution in [0.25, 0.3) is 0 Å². The van der Waals surface area contributed by atoms with Gasteiger partial charge in [-0.2, -0.15) is 0 Å². The maximum Gasteiger partial charge on any atom is 0.110 e. The lowest BCUT2D eigenvalue weighted by Crippen LogP contribution is -2.35. The third-order valence-electron chi connectivity index (χ3n) is 3.19. The minimum absolute atomic E-state index is 0.312. The Balaban J connectivity index is 1.96. The van der Waals surface area contributed by atoms with Crippen molar-refractivity contribution in [3.63, 3.8) is 0 Å². The van der Waals surface area contributed by atoms with Crippen molar-refractivity contribution in [1.29, 1.82) is 0 Å². The van der Waals surface area contributed by atoms with Crippen LogP contribution in [0.15, 0.2) is 45.5 Å². The first-order chi connectivity index (χ1) is 9.81.